The molecule has 0 fully saturated rings. The van der Waals surface area contributed by atoms with Crippen LogP contribution in [0.5, 0.6) is 0 Å². The standard InChI is InChI=1S/C22H43FO10/c1-2-24-5-6-26-9-10-28-13-14-30-17-18-32-21-22-33-20-19-31-16-15-29-12-11-27-8-7-25-4-3-23/h2H,1,3-22H2. The van der Waals surface area contributed by atoms with Crippen LogP contribution in [0.4, 0.5) is 4.39 Å². The first-order valence-electron chi connectivity index (χ1n) is 11.4. The van der Waals surface area contributed by atoms with E-state index < -0.39 is 6.67 Å². The Morgan fingerprint density at radius 3 is 0.788 bits per heavy atom. The molecule has 0 saturated heterocycles. The molecule has 11 heteroatoms. The smallest absolute Gasteiger partial charge is 0.113 e. The molecular weight excluding hydrogens is 443 g/mol. The van der Waals surface area contributed by atoms with E-state index in [1.807, 2.05) is 0 Å². The largest absolute Gasteiger partial charge is 0.499 e. The van der Waals surface area contributed by atoms with Crippen molar-refractivity contribution in [2.75, 3.05) is 132 Å². The first-order valence-corrected chi connectivity index (χ1v) is 11.4. The zero-order valence-electron chi connectivity index (χ0n) is 19.9. The summed E-state index contributed by atoms with van der Waals surface area (Å²) in [5.74, 6) is 0. The van der Waals surface area contributed by atoms with E-state index in [1.54, 1.807) is 0 Å². The highest BCUT2D eigenvalue weighted by atomic mass is 19.1. The van der Waals surface area contributed by atoms with E-state index in [2.05, 4.69) is 6.58 Å². The summed E-state index contributed by atoms with van der Waals surface area (Å²) in [6.07, 6.45) is 1.39. The fourth-order valence-corrected chi connectivity index (χ4v) is 2.11. The molecule has 0 aromatic carbocycles. The monoisotopic (exact) mass is 486 g/mol. The SMILES string of the molecule is C=COCCOCCOCCOCCOCCOCCOCCOCCOCCOCCF. The predicted octanol–water partition coefficient (Wildman–Crippen LogP) is 1.27. The highest BCUT2D eigenvalue weighted by Gasteiger charge is 1.95. The molecule has 0 atom stereocenters. The molecule has 0 saturated carbocycles. The van der Waals surface area contributed by atoms with Gasteiger partial charge < -0.3 is 47.4 Å². The maximum atomic E-state index is 11.8. The third-order valence-corrected chi connectivity index (χ3v) is 3.66. The lowest BCUT2D eigenvalue weighted by Crippen LogP contribution is -2.15. The second-order valence-corrected chi connectivity index (χ2v) is 6.24. The Morgan fingerprint density at radius 2 is 0.576 bits per heavy atom. The third-order valence-electron chi connectivity index (χ3n) is 3.66. The number of halogens is 1. The van der Waals surface area contributed by atoms with Crippen LogP contribution in [-0.2, 0) is 47.4 Å². The molecule has 0 aliphatic heterocycles. The van der Waals surface area contributed by atoms with Crippen LogP contribution >= 0.6 is 0 Å². The van der Waals surface area contributed by atoms with E-state index in [0.29, 0.717) is 119 Å². The van der Waals surface area contributed by atoms with Gasteiger partial charge in [0.1, 0.15) is 13.3 Å². The van der Waals surface area contributed by atoms with Crippen LogP contribution < -0.4 is 0 Å². The zero-order valence-corrected chi connectivity index (χ0v) is 19.9. The minimum Gasteiger partial charge on any atom is -0.499 e. The minimum atomic E-state index is -0.471. The molecular formula is C22H43FO10. The van der Waals surface area contributed by atoms with Crippen molar-refractivity contribution in [1.29, 1.82) is 0 Å². The van der Waals surface area contributed by atoms with Crippen molar-refractivity contribution in [3.05, 3.63) is 12.8 Å². The Morgan fingerprint density at radius 1 is 0.364 bits per heavy atom. The summed E-state index contributed by atoms with van der Waals surface area (Å²) >= 11 is 0. The molecule has 33 heavy (non-hydrogen) atoms. The normalized spacial score (nSPS) is 11.2. The molecule has 0 spiro atoms. The highest BCUT2D eigenvalue weighted by molar-refractivity contribution is 4.47. The topological polar surface area (TPSA) is 92.3 Å². The van der Waals surface area contributed by atoms with Gasteiger partial charge >= 0.3 is 0 Å². The van der Waals surface area contributed by atoms with Crippen LogP contribution in [0.1, 0.15) is 0 Å². The van der Waals surface area contributed by atoms with Crippen LogP contribution in [0.15, 0.2) is 12.8 Å². The van der Waals surface area contributed by atoms with Crippen molar-refractivity contribution in [1.82, 2.24) is 0 Å². The average molecular weight is 487 g/mol. The Kier molecular flexibility index (Phi) is 30.3. The molecule has 0 aliphatic rings. The van der Waals surface area contributed by atoms with Crippen molar-refractivity contribution in [2.24, 2.45) is 0 Å². The van der Waals surface area contributed by atoms with E-state index in [-0.39, 0.29) is 6.61 Å². The molecule has 0 rings (SSSR count). The third kappa shape index (κ3) is 31.1. The van der Waals surface area contributed by atoms with Crippen molar-refractivity contribution < 1.29 is 51.8 Å². The van der Waals surface area contributed by atoms with Crippen LogP contribution in [0.25, 0.3) is 0 Å². The Balaban J connectivity index is 2.99. The van der Waals surface area contributed by atoms with Gasteiger partial charge in [0.25, 0.3) is 0 Å². The molecule has 0 radical (unpaired) electrons. The number of hydrogen-bond donors (Lipinski definition) is 0. The minimum absolute atomic E-state index is 0.117. The molecule has 0 aromatic rings. The summed E-state index contributed by atoms with van der Waals surface area (Å²) in [5, 5.41) is 0. The molecule has 0 N–H and O–H groups in total. The van der Waals surface area contributed by atoms with E-state index >= 15 is 0 Å². The van der Waals surface area contributed by atoms with Crippen LogP contribution in [-0.4, -0.2) is 132 Å². The van der Waals surface area contributed by atoms with Gasteiger partial charge in [0.15, 0.2) is 0 Å². The molecule has 198 valence electrons. The lowest BCUT2D eigenvalue weighted by Gasteiger charge is -2.08. The number of hydrogen-bond acceptors (Lipinski definition) is 10. The van der Waals surface area contributed by atoms with Gasteiger partial charge in [-0.1, -0.05) is 6.58 Å². The second-order valence-electron chi connectivity index (χ2n) is 6.24. The van der Waals surface area contributed by atoms with Crippen molar-refractivity contribution in [3.8, 4) is 0 Å². The van der Waals surface area contributed by atoms with Gasteiger partial charge in [-0.2, -0.15) is 0 Å². The van der Waals surface area contributed by atoms with Crippen LogP contribution in [0.3, 0.4) is 0 Å². The second kappa shape index (κ2) is 31.1. The Bertz CT molecular complexity index is 366. The van der Waals surface area contributed by atoms with E-state index in [0.717, 1.165) is 0 Å². The summed E-state index contributed by atoms with van der Waals surface area (Å²) < 4.78 is 64.6. The summed E-state index contributed by atoms with van der Waals surface area (Å²) in [6, 6.07) is 0. The maximum Gasteiger partial charge on any atom is 0.113 e. The zero-order chi connectivity index (χ0) is 23.9. The van der Waals surface area contributed by atoms with Gasteiger partial charge in [0.05, 0.1) is 125 Å². The highest BCUT2D eigenvalue weighted by Crippen LogP contribution is 1.86. The lowest BCUT2D eigenvalue weighted by atomic mass is 10.6. The van der Waals surface area contributed by atoms with E-state index in [4.69, 9.17) is 47.4 Å². The van der Waals surface area contributed by atoms with Crippen molar-refractivity contribution in [3.63, 3.8) is 0 Å². The first kappa shape index (κ1) is 32.1. The fraction of sp³-hybridized carbons (Fsp3) is 0.909. The molecule has 10 nitrogen and oxygen atoms in total. The summed E-state index contributed by atoms with van der Waals surface area (Å²) in [7, 11) is 0. The quantitative estimate of drug-likeness (QED) is 0.109. The lowest BCUT2D eigenvalue weighted by molar-refractivity contribution is -0.0257. The predicted molar refractivity (Wildman–Crippen MR) is 119 cm³/mol. The number of rotatable bonds is 30. The maximum absolute atomic E-state index is 11.8. The van der Waals surface area contributed by atoms with Crippen molar-refractivity contribution >= 4 is 0 Å². The molecule has 0 heterocycles. The molecule has 0 unspecified atom stereocenters. The summed E-state index contributed by atoms with van der Waals surface area (Å²) in [4.78, 5) is 0. The van der Waals surface area contributed by atoms with Crippen LogP contribution in [0, 0.1) is 0 Å². The van der Waals surface area contributed by atoms with Gasteiger partial charge in [0.2, 0.25) is 0 Å². The average Bonchev–Trinajstić information content (AvgIpc) is 2.83. The summed E-state index contributed by atoms with van der Waals surface area (Å²) in [6.45, 7) is 12.0. The van der Waals surface area contributed by atoms with Gasteiger partial charge in [0, 0.05) is 0 Å². The first-order chi connectivity index (χ1) is 16.4. The molecule has 0 aliphatic carbocycles. The fourth-order valence-electron chi connectivity index (χ4n) is 2.11. The van der Waals surface area contributed by atoms with Gasteiger partial charge in [-0.15, -0.1) is 0 Å². The molecule has 0 bridgehead atoms. The van der Waals surface area contributed by atoms with Gasteiger partial charge in [-0.3, -0.25) is 0 Å². The Labute approximate surface area is 197 Å². The number of alkyl halides is 1. The van der Waals surface area contributed by atoms with Crippen LogP contribution in [0.2, 0.25) is 0 Å². The number of ether oxygens (including phenoxy) is 10. The van der Waals surface area contributed by atoms with Gasteiger partial charge in [-0.05, 0) is 0 Å². The van der Waals surface area contributed by atoms with Crippen molar-refractivity contribution in [2.45, 2.75) is 0 Å². The molecule has 0 amide bonds. The Hall–Kier alpha value is -0.890. The van der Waals surface area contributed by atoms with E-state index in [9.17, 15) is 4.39 Å². The molecule has 0 aromatic heterocycles. The summed E-state index contributed by atoms with van der Waals surface area (Å²) in [5.41, 5.74) is 0. The van der Waals surface area contributed by atoms with Gasteiger partial charge in [-0.25, -0.2) is 4.39 Å². The van der Waals surface area contributed by atoms with E-state index in [1.165, 1.54) is 6.26 Å².